The summed E-state index contributed by atoms with van der Waals surface area (Å²) in [6, 6.07) is 8.20. The van der Waals surface area contributed by atoms with Crippen LogP contribution < -0.4 is 10.5 Å². The molecule has 0 saturated carbocycles. The molecule has 8 heteroatoms. The van der Waals surface area contributed by atoms with Crippen LogP contribution >= 0.6 is 0 Å². The van der Waals surface area contributed by atoms with Gasteiger partial charge in [-0.3, -0.25) is 9.88 Å². The molecular weight excluding hydrogens is 406 g/mol. The van der Waals surface area contributed by atoms with Gasteiger partial charge in [0.1, 0.15) is 5.58 Å². The van der Waals surface area contributed by atoms with Crippen molar-refractivity contribution < 1.29 is 9.52 Å². The molecule has 5 rings (SSSR count). The smallest absolute Gasteiger partial charge is 0.345 e. The monoisotopic (exact) mass is 433 g/mol. The number of β-amino-alcohol motifs (C(OH)–C–C–N with tert-alkyl or cyclic N) is 1. The SMILES string of the molecule is Cc1cn2cc(-c3cc4ccc(N5CCN(CCO)C(C)C5)cc4oc3=O)nc2c(C)n1. The lowest BCUT2D eigenvalue weighted by atomic mass is 10.1. The van der Waals surface area contributed by atoms with Gasteiger partial charge in [0, 0.05) is 61.8 Å². The van der Waals surface area contributed by atoms with Crippen molar-refractivity contribution in [1.29, 1.82) is 0 Å². The van der Waals surface area contributed by atoms with Gasteiger partial charge in [-0.2, -0.15) is 0 Å². The Kier molecular flexibility index (Phi) is 5.19. The van der Waals surface area contributed by atoms with Gasteiger partial charge in [0.2, 0.25) is 0 Å². The zero-order valence-electron chi connectivity index (χ0n) is 18.6. The standard InChI is InChI=1S/C24H27N5O3/c1-15-12-29-14-21(26-23(29)17(3)25-15)20-10-18-4-5-19(11-22(18)32-24(20)31)28-7-6-27(8-9-30)16(2)13-28/h4-5,10-12,14,16,30H,6-9,13H2,1-3H3. The molecule has 1 N–H and O–H groups in total. The van der Waals surface area contributed by atoms with Gasteiger partial charge in [0.05, 0.1) is 29.3 Å². The fourth-order valence-corrected chi connectivity index (χ4v) is 4.60. The molecule has 1 aliphatic rings. The van der Waals surface area contributed by atoms with Gasteiger partial charge < -0.3 is 18.8 Å². The molecule has 166 valence electrons. The van der Waals surface area contributed by atoms with E-state index in [0.29, 0.717) is 29.4 Å². The number of anilines is 1. The molecule has 1 atom stereocenters. The minimum atomic E-state index is -0.401. The van der Waals surface area contributed by atoms with Crippen LogP contribution in [0.25, 0.3) is 27.9 Å². The number of hydrogen-bond donors (Lipinski definition) is 1. The number of imidazole rings is 1. The molecule has 0 bridgehead atoms. The van der Waals surface area contributed by atoms with Crippen LogP contribution in [0.2, 0.25) is 0 Å². The Labute approximate surface area is 185 Å². The van der Waals surface area contributed by atoms with Crippen molar-refractivity contribution in [2.24, 2.45) is 0 Å². The number of aryl methyl sites for hydroxylation is 2. The largest absolute Gasteiger partial charge is 0.422 e. The maximum Gasteiger partial charge on any atom is 0.345 e. The molecule has 3 aromatic heterocycles. The van der Waals surface area contributed by atoms with Crippen molar-refractivity contribution in [3.63, 3.8) is 0 Å². The molecular formula is C24H27N5O3. The first kappa shape index (κ1) is 20.7. The zero-order chi connectivity index (χ0) is 22.4. The average molecular weight is 434 g/mol. The number of piperazine rings is 1. The lowest BCUT2D eigenvalue weighted by Gasteiger charge is -2.40. The normalized spacial score (nSPS) is 17.5. The van der Waals surface area contributed by atoms with Gasteiger partial charge in [0.25, 0.3) is 0 Å². The highest BCUT2D eigenvalue weighted by molar-refractivity contribution is 5.84. The lowest BCUT2D eigenvalue weighted by Crippen LogP contribution is -2.52. The maximum absolute atomic E-state index is 12.8. The molecule has 1 fully saturated rings. The third kappa shape index (κ3) is 3.65. The summed E-state index contributed by atoms with van der Waals surface area (Å²) in [5, 5.41) is 10.1. The van der Waals surface area contributed by atoms with Crippen LogP contribution in [-0.2, 0) is 0 Å². The second kappa shape index (κ2) is 8.03. The van der Waals surface area contributed by atoms with Gasteiger partial charge in [-0.25, -0.2) is 9.78 Å². The summed E-state index contributed by atoms with van der Waals surface area (Å²) in [6.45, 7) is 9.51. The first-order valence-corrected chi connectivity index (χ1v) is 10.9. The molecule has 32 heavy (non-hydrogen) atoms. The zero-order valence-corrected chi connectivity index (χ0v) is 18.6. The van der Waals surface area contributed by atoms with Crippen molar-refractivity contribution in [2.75, 3.05) is 37.7 Å². The molecule has 1 unspecified atom stereocenters. The summed E-state index contributed by atoms with van der Waals surface area (Å²) in [5.41, 5.74) is 4.67. The Morgan fingerprint density at radius 2 is 2.00 bits per heavy atom. The molecule has 1 saturated heterocycles. The fourth-order valence-electron chi connectivity index (χ4n) is 4.60. The fraction of sp³-hybridized carbons (Fsp3) is 0.375. The molecule has 8 nitrogen and oxygen atoms in total. The third-order valence-corrected chi connectivity index (χ3v) is 6.24. The Morgan fingerprint density at radius 1 is 1.16 bits per heavy atom. The summed E-state index contributed by atoms with van der Waals surface area (Å²) in [6.07, 6.45) is 3.74. The van der Waals surface area contributed by atoms with E-state index in [2.05, 4.69) is 32.8 Å². The first-order chi connectivity index (χ1) is 15.4. The van der Waals surface area contributed by atoms with E-state index < -0.39 is 5.63 Å². The molecule has 1 aliphatic heterocycles. The van der Waals surface area contributed by atoms with Gasteiger partial charge in [-0.05, 0) is 39.0 Å². The van der Waals surface area contributed by atoms with Crippen LogP contribution in [0, 0.1) is 13.8 Å². The highest BCUT2D eigenvalue weighted by Gasteiger charge is 2.23. The number of aliphatic hydroxyl groups is 1. The molecule has 0 radical (unpaired) electrons. The van der Waals surface area contributed by atoms with E-state index in [0.717, 1.165) is 47.7 Å². The first-order valence-electron chi connectivity index (χ1n) is 10.9. The van der Waals surface area contributed by atoms with E-state index in [1.54, 1.807) is 0 Å². The molecule has 4 heterocycles. The second-order valence-electron chi connectivity index (χ2n) is 8.55. The highest BCUT2D eigenvalue weighted by atomic mass is 16.4. The summed E-state index contributed by atoms with van der Waals surface area (Å²) < 4.78 is 7.62. The van der Waals surface area contributed by atoms with Crippen molar-refractivity contribution in [3.8, 4) is 11.3 Å². The molecule has 1 aromatic carbocycles. The van der Waals surface area contributed by atoms with Crippen molar-refractivity contribution in [3.05, 3.63) is 58.5 Å². The predicted octanol–water partition coefficient (Wildman–Crippen LogP) is 2.62. The lowest BCUT2D eigenvalue weighted by molar-refractivity contribution is 0.146. The number of benzene rings is 1. The van der Waals surface area contributed by atoms with E-state index in [4.69, 9.17) is 4.42 Å². The summed E-state index contributed by atoms with van der Waals surface area (Å²) in [7, 11) is 0. The second-order valence-corrected chi connectivity index (χ2v) is 8.55. The van der Waals surface area contributed by atoms with E-state index in [9.17, 15) is 9.90 Å². The number of nitrogens with zero attached hydrogens (tertiary/aromatic N) is 5. The maximum atomic E-state index is 12.8. The van der Waals surface area contributed by atoms with Crippen molar-refractivity contribution in [2.45, 2.75) is 26.8 Å². The Hall–Kier alpha value is -3.23. The molecule has 0 spiro atoms. The Morgan fingerprint density at radius 3 is 2.78 bits per heavy atom. The highest BCUT2D eigenvalue weighted by Crippen LogP contribution is 2.27. The van der Waals surface area contributed by atoms with Gasteiger partial charge in [-0.1, -0.05) is 0 Å². The van der Waals surface area contributed by atoms with Crippen LogP contribution in [0.4, 0.5) is 5.69 Å². The van der Waals surface area contributed by atoms with Crippen LogP contribution in [0.5, 0.6) is 0 Å². The predicted molar refractivity (Wildman–Crippen MR) is 124 cm³/mol. The van der Waals surface area contributed by atoms with Gasteiger partial charge >= 0.3 is 5.63 Å². The average Bonchev–Trinajstić information content (AvgIpc) is 3.18. The minimum Gasteiger partial charge on any atom is -0.422 e. The van der Waals surface area contributed by atoms with E-state index in [-0.39, 0.29) is 6.61 Å². The third-order valence-electron chi connectivity index (χ3n) is 6.24. The minimum absolute atomic E-state index is 0.176. The number of rotatable bonds is 4. The number of hydrogen-bond acceptors (Lipinski definition) is 7. The summed E-state index contributed by atoms with van der Waals surface area (Å²) in [4.78, 5) is 26.5. The van der Waals surface area contributed by atoms with Crippen molar-refractivity contribution >= 4 is 22.3 Å². The van der Waals surface area contributed by atoms with E-state index >= 15 is 0 Å². The van der Waals surface area contributed by atoms with E-state index in [1.807, 2.05) is 48.8 Å². The summed E-state index contributed by atoms with van der Waals surface area (Å²) >= 11 is 0. The van der Waals surface area contributed by atoms with Gasteiger partial charge in [-0.15, -0.1) is 0 Å². The topological polar surface area (TPSA) is 87.1 Å². The Bertz CT molecular complexity index is 1360. The number of aromatic nitrogens is 3. The van der Waals surface area contributed by atoms with Crippen LogP contribution in [-0.4, -0.2) is 63.2 Å². The van der Waals surface area contributed by atoms with Crippen LogP contribution in [0.15, 0.2) is 45.9 Å². The number of aliphatic hydroxyl groups excluding tert-OH is 1. The van der Waals surface area contributed by atoms with E-state index in [1.165, 1.54) is 0 Å². The van der Waals surface area contributed by atoms with Gasteiger partial charge in [0.15, 0.2) is 5.65 Å². The molecule has 0 amide bonds. The van der Waals surface area contributed by atoms with Crippen LogP contribution in [0.3, 0.4) is 0 Å². The van der Waals surface area contributed by atoms with Crippen LogP contribution in [0.1, 0.15) is 18.3 Å². The summed E-state index contributed by atoms with van der Waals surface area (Å²) in [5.74, 6) is 0. The Balaban J connectivity index is 1.48. The molecule has 4 aromatic rings. The number of fused-ring (bicyclic) bond motifs is 2. The quantitative estimate of drug-likeness (QED) is 0.495. The van der Waals surface area contributed by atoms with Crippen molar-refractivity contribution in [1.82, 2.24) is 19.3 Å². The molecule has 0 aliphatic carbocycles.